The molecule has 7 rings (SSSR count). The third-order valence-corrected chi connectivity index (χ3v) is 16.7. The highest BCUT2D eigenvalue weighted by atomic mass is 16.3. The molecule has 6 N–H and O–H groups in total. The summed E-state index contributed by atoms with van der Waals surface area (Å²) in [7, 11) is 0. The predicted molar refractivity (Wildman–Crippen MR) is 316 cm³/mol. The molecule has 0 atom stereocenters. The van der Waals surface area contributed by atoms with Crippen molar-refractivity contribution in [1.29, 1.82) is 0 Å². The Kier molecular flexibility index (Phi) is 14.4. The van der Waals surface area contributed by atoms with Crippen molar-refractivity contribution < 1.29 is 30.6 Å². The molecule has 76 heavy (non-hydrogen) atoms. The Balaban J connectivity index is 1.65. The standard InChI is InChI=1S/C70H92O6/c1-63(2,3)47-27-39-23-43-31-49(35-53(59(43)73)65(7,8)9)69(19,20)51-33-45(61(75)55(37-51)67(13,14)15)25-41-29-48(64(4,5)6)30-42(58(41)72)26-46-34-52(38-56(62(46)76)68(16,17)18)70(21,22)50-32-44(24-40(28-47)57(39)71)60(74)54(36-50)66(10,11)12/h27-38,71-76H,23-26H2,1-22H3. The number of benzene rings is 6. The van der Waals surface area contributed by atoms with Gasteiger partial charge in [-0.2, -0.15) is 0 Å². The molecule has 408 valence electrons. The SMILES string of the molecule is CC(C)(C)c1cc2c(O)c(c1)Cc1cc(cc(C(C)(C)C)c1O)C(C)(C)c1cc(c(O)c(C(C)(C)C)c1)Cc1cc(C(C)(C)C)cc(c1O)Cc1cc(cc(C(C)(C)C)c1O)C(C)(C)c1cc(c(O)c(C(C)(C)C)c1)C2. The van der Waals surface area contributed by atoms with Gasteiger partial charge in [0.25, 0.3) is 0 Å². The van der Waals surface area contributed by atoms with Crippen molar-refractivity contribution in [3.8, 4) is 34.5 Å². The number of aromatic hydroxyl groups is 6. The van der Waals surface area contributed by atoms with Crippen LogP contribution in [0.25, 0.3) is 0 Å². The lowest BCUT2D eigenvalue weighted by molar-refractivity contribution is 0.437. The second-order valence-electron chi connectivity index (χ2n) is 29.9. The monoisotopic (exact) mass is 1030 g/mol. The van der Waals surface area contributed by atoms with Gasteiger partial charge in [-0.1, -0.05) is 225 Å². The molecular formula is C70H92O6. The van der Waals surface area contributed by atoms with Crippen LogP contribution in [-0.2, 0) is 69.0 Å². The summed E-state index contributed by atoms with van der Waals surface area (Å²) < 4.78 is 0. The van der Waals surface area contributed by atoms with Gasteiger partial charge in [-0.05, 0) is 133 Å². The summed E-state index contributed by atoms with van der Waals surface area (Å²) in [5.74, 6) is 1.02. The van der Waals surface area contributed by atoms with Crippen molar-refractivity contribution in [3.05, 3.63) is 173 Å². The van der Waals surface area contributed by atoms with Crippen LogP contribution in [0.1, 0.15) is 252 Å². The van der Waals surface area contributed by atoms with Crippen molar-refractivity contribution >= 4 is 0 Å². The largest absolute Gasteiger partial charge is 0.507 e. The summed E-state index contributed by atoms with van der Waals surface area (Å²) in [6.07, 6.45) is 0.972. The molecule has 0 saturated carbocycles. The molecular weight excluding hydrogens is 937 g/mol. The van der Waals surface area contributed by atoms with Crippen molar-refractivity contribution in [2.24, 2.45) is 0 Å². The van der Waals surface area contributed by atoms with E-state index in [1.165, 1.54) is 0 Å². The Hall–Kier alpha value is -5.88. The summed E-state index contributed by atoms with van der Waals surface area (Å²) in [5.41, 5.74) is 10.8. The zero-order valence-electron chi connectivity index (χ0n) is 50.4. The van der Waals surface area contributed by atoms with Crippen LogP contribution < -0.4 is 0 Å². The molecule has 0 saturated heterocycles. The first-order valence-corrected chi connectivity index (χ1v) is 27.6. The fourth-order valence-corrected chi connectivity index (χ4v) is 11.1. The van der Waals surface area contributed by atoms with Crippen molar-refractivity contribution in [2.45, 2.75) is 221 Å². The summed E-state index contributed by atoms with van der Waals surface area (Å²) in [5, 5.41) is 75.1. The lowest BCUT2D eigenvalue weighted by Gasteiger charge is -2.33. The summed E-state index contributed by atoms with van der Waals surface area (Å²) in [6, 6.07) is 25.1. The molecule has 0 aliphatic heterocycles. The fourth-order valence-electron chi connectivity index (χ4n) is 11.1. The fraction of sp³-hybridized carbons (Fsp3) is 0.486. The van der Waals surface area contributed by atoms with Gasteiger partial charge in [0.1, 0.15) is 34.5 Å². The summed E-state index contributed by atoms with van der Waals surface area (Å²) >= 11 is 0. The molecule has 0 heterocycles. The minimum Gasteiger partial charge on any atom is -0.507 e. The first-order chi connectivity index (χ1) is 34.4. The second-order valence-corrected chi connectivity index (χ2v) is 29.9. The van der Waals surface area contributed by atoms with E-state index in [1.54, 1.807) is 0 Å². The number of phenols is 6. The second kappa shape index (κ2) is 18.9. The van der Waals surface area contributed by atoms with Crippen LogP contribution in [0, 0.1) is 0 Å². The number of fused-ring (bicyclic) bond motifs is 12. The minimum atomic E-state index is -0.673. The lowest BCUT2D eigenvalue weighted by atomic mass is 9.71. The van der Waals surface area contributed by atoms with Gasteiger partial charge in [0.05, 0.1) is 0 Å². The maximum atomic E-state index is 12.7. The van der Waals surface area contributed by atoms with E-state index in [2.05, 4.69) is 225 Å². The van der Waals surface area contributed by atoms with Gasteiger partial charge in [0.15, 0.2) is 0 Å². The van der Waals surface area contributed by atoms with Gasteiger partial charge in [0.2, 0.25) is 0 Å². The maximum Gasteiger partial charge on any atom is 0.122 e. The number of hydrogen-bond acceptors (Lipinski definition) is 6. The van der Waals surface area contributed by atoms with Gasteiger partial charge in [0, 0.05) is 36.5 Å². The van der Waals surface area contributed by atoms with Crippen molar-refractivity contribution in [3.63, 3.8) is 0 Å². The van der Waals surface area contributed by atoms with E-state index >= 15 is 0 Å². The Morgan fingerprint density at radius 1 is 0.250 bits per heavy atom. The Morgan fingerprint density at radius 3 is 0.579 bits per heavy atom. The van der Waals surface area contributed by atoms with Gasteiger partial charge < -0.3 is 30.6 Å². The quantitative estimate of drug-likeness (QED) is 0.0901. The average molecular weight is 1030 g/mol. The van der Waals surface area contributed by atoms with Gasteiger partial charge >= 0.3 is 0 Å². The maximum absolute atomic E-state index is 12.7. The summed E-state index contributed by atoms with van der Waals surface area (Å²) in [6.45, 7) is 47.0. The minimum absolute atomic E-state index is 0.127. The zero-order chi connectivity index (χ0) is 57.2. The molecule has 0 aromatic heterocycles. The van der Waals surface area contributed by atoms with Crippen LogP contribution in [0.5, 0.6) is 34.5 Å². The van der Waals surface area contributed by atoms with E-state index in [0.717, 1.165) is 55.6 Å². The van der Waals surface area contributed by atoms with E-state index in [9.17, 15) is 30.6 Å². The topological polar surface area (TPSA) is 121 Å². The van der Waals surface area contributed by atoms with Crippen LogP contribution in [0.3, 0.4) is 0 Å². The van der Waals surface area contributed by atoms with E-state index in [0.29, 0.717) is 44.5 Å². The first kappa shape index (κ1) is 57.8. The molecule has 0 unspecified atom stereocenters. The molecule has 12 bridgehead atoms. The van der Waals surface area contributed by atoms with Crippen LogP contribution in [0.4, 0.5) is 0 Å². The van der Waals surface area contributed by atoms with E-state index in [-0.39, 0.29) is 71.0 Å². The molecule has 0 spiro atoms. The molecule has 6 aromatic carbocycles. The summed E-state index contributed by atoms with van der Waals surface area (Å²) in [4.78, 5) is 0. The van der Waals surface area contributed by atoms with E-state index < -0.39 is 32.5 Å². The molecule has 0 radical (unpaired) electrons. The Morgan fingerprint density at radius 2 is 0.421 bits per heavy atom. The lowest BCUT2D eigenvalue weighted by Crippen LogP contribution is -2.24. The van der Waals surface area contributed by atoms with Crippen LogP contribution in [0.15, 0.2) is 72.8 Å². The highest BCUT2D eigenvalue weighted by Gasteiger charge is 2.36. The van der Waals surface area contributed by atoms with Gasteiger partial charge in [-0.15, -0.1) is 0 Å². The number of phenolic OH excluding ortho intramolecular Hbond substituents is 6. The third-order valence-electron chi connectivity index (χ3n) is 16.7. The van der Waals surface area contributed by atoms with Crippen LogP contribution >= 0.6 is 0 Å². The first-order valence-electron chi connectivity index (χ1n) is 27.6. The van der Waals surface area contributed by atoms with Crippen molar-refractivity contribution in [2.75, 3.05) is 0 Å². The molecule has 6 heteroatoms. The third kappa shape index (κ3) is 11.1. The molecule has 6 nitrogen and oxygen atoms in total. The Bertz CT molecular complexity index is 2830. The van der Waals surface area contributed by atoms with Crippen LogP contribution in [0.2, 0.25) is 0 Å². The molecule has 0 fully saturated rings. The molecule has 1 aliphatic carbocycles. The zero-order valence-corrected chi connectivity index (χ0v) is 50.4. The molecule has 0 amide bonds. The highest BCUT2D eigenvalue weighted by Crippen LogP contribution is 2.49. The van der Waals surface area contributed by atoms with E-state index in [4.69, 9.17) is 0 Å². The smallest absolute Gasteiger partial charge is 0.122 e. The average Bonchev–Trinajstić information content (AvgIpc) is 3.25. The van der Waals surface area contributed by atoms with Crippen LogP contribution in [-0.4, -0.2) is 30.6 Å². The Labute approximate surface area is 457 Å². The predicted octanol–water partition coefficient (Wildman–Crippen LogP) is 17.0. The number of rotatable bonds is 0. The highest BCUT2D eigenvalue weighted by molar-refractivity contribution is 5.62. The molecule has 1 aliphatic rings. The van der Waals surface area contributed by atoms with Gasteiger partial charge in [-0.3, -0.25) is 0 Å². The molecule has 6 aromatic rings. The van der Waals surface area contributed by atoms with Crippen molar-refractivity contribution in [1.82, 2.24) is 0 Å². The van der Waals surface area contributed by atoms with Gasteiger partial charge in [-0.25, -0.2) is 0 Å². The van der Waals surface area contributed by atoms with E-state index in [1.807, 2.05) is 0 Å². The normalized spacial score (nSPS) is 15.6. The number of hydrogen-bond donors (Lipinski definition) is 6.